The predicted octanol–water partition coefficient (Wildman–Crippen LogP) is 3.65. The second-order valence-corrected chi connectivity index (χ2v) is 6.01. The highest BCUT2D eigenvalue weighted by Gasteiger charge is 2.16. The molecule has 110 valence electrons. The quantitative estimate of drug-likeness (QED) is 0.898. The molecule has 1 aliphatic heterocycles. The zero-order valence-electron chi connectivity index (χ0n) is 12.8. The van der Waals surface area contributed by atoms with E-state index in [-0.39, 0.29) is 0 Å². The molecule has 2 heterocycles. The number of hydrogen-bond acceptors (Lipinski definition) is 3. The van der Waals surface area contributed by atoms with Gasteiger partial charge < -0.3 is 10.6 Å². The lowest BCUT2D eigenvalue weighted by Crippen LogP contribution is -2.23. The van der Waals surface area contributed by atoms with E-state index in [4.69, 9.17) is 0 Å². The Hall–Kier alpha value is -1.87. The SMILES string of the molecule is CC(C)c1cccc(-c2cccnc2NC2CCNC2)c1. The third kappa shape index (κ3) is 3.24. The fraction of sp³-hybridized carbons (Fsp3) is 0.389. The summed E-state index contributed by atoms with van der Waals surface area (Å²) in [5, 5.41) is 6.97. The van der Waals surface area contributed by atoms with Gasteiger partial charge in [0.25, 0.3) is 0 Å². The first kappa shape index (κ1) is 14.1. The minimum absolute atomic E-state index is 0.479. The summed E-state index contributed by atoms with van der Waals surface area (Å²) in [4.78, 5) is 4.55. The van der Waals surface area contributed by atoms with Crippen LogP contribution in [-0.4, -0.2) is 24.1 Å². The van der Waals surface area contributed by atoms with Crippen molar-refractivity contribution >= 4 is 5.82 Å². The van der Waals surface area contributed by atoms with Gasteiger partial charge in [-0.3, -0.25) is 0 Å². The summed E-state index contributed by atoms with van der Waals surface area (Å²) in [6, 6.07) is 13.4. The minimum Gasteiger partial charge on any atom is -0.365 e. The van der Waals surface area contributed by atoms with Crippen molar-refractivity contribution in [2.24, 2.45) is 0 Å². The van der Waals surface area contributed by atoms with Crippen LogP contribution in [0.25, 0.3) is 11.1 Å². The summed E-state index contributed by atoms with van der Waals surface area (Å²) in [6.45, 7) is 6.56. The Balaban J connectivity index is 1.92. The van der Waals surface area contributed by atoms with E-state index in [1.165, 1.54) is 16.7 Å². The van der Waals surface area contributed by atoms with E-state index < -0.39 is 0 Å². The Morgan fingerprint density at radius 2 is 2.14 bits per heavy atom. The van der Waals surface area contributed by atoms with Crippen LogP contribution in [-0.2, 0) is 0 Å². The normalized spacial score (nSPS) is 18.1. The number of hydrogen-bond donors (Lipinski definition) is 2. The molecule has 2 aromatic rings. The molecule has 0 radical (unpaired) electrons. The van der Waals surface area contributed by atoms with Gasteiger partial charge in [0, 0.05) is 24.3 Å². The lowest BCUT2D eigenvalue weighted by molar-refractivity contribution is 0.788. The molecule has 0 amide bonds. The van der Waals surface area contributed by atoms with Crippen molar-refractivity contribution in [2.75, 3.05) is 18.4 Å². The standard InChI is InChI=1S/C18H23N3/c1-13(2)14-5-3-6-15(11-14)17-7-4-9-20-18(17)21-16-8-10-19-12-16/h3-7,9,11,13,16,19H,8,10,12H2,1-2H3,(H,20,21). The highest BCUT2D eigenvalue weighted by Crippen LogP contribution is 2.29. The van der Waals surface area contributed by atoms with Gasteiger partial charge in [-0.15, -0.1) is 0 Å². The third-order valence-electron chi connectivity index (χ3n) is 4.07. The summed E-state index contributed by atoms with van der Waals surface area (Å²) >= 11 is 0. The van der Waals surface area contributed by atoms with Crippen LogP contribution in [0.5, 0.6) is 0 Å². The van der Waals surface area contributed by atoms with Crippen LogP contribution in [0.4, 0.5) is 5.82 Å². The molecular formula is C18H23N3. The van der Waals surface area contributed by atoms with Gasteiger partial charge in [0.1, 0.15) is 5.82 Å². The van der Waals surface area contributed by atoms with Gasteiger partial charge in [0.2, 0.25) is 0 Å². The maximum absolute atomic E-state index is 4.55. The molecule has 0 aliphatic carbocycles. The van der Waals surface area contributed by atoms with Crippen LogP contribution in [0.1, 0.15) is 31.7 Å². The molecule has 0 spiro atoms. The van der Waals surface area contributed by atoms with Crippen LogP contribution < -0.4 is 10.6 Å². The van der Waals surface area contributed by atoms with Crippen molar-refractivity contribution in [3.63, 3.8) is 0 Å². The number of aromatic nitrogens is 1. The number of benzene rings is 1. The third-order valence-corrected chi connectivity index (χ3v) is 4.07. The Labute approximate surface area is 126 Å². The first-order chi connectivity index (χ1) is 10.2. The molecule has 0 bridgehead atoms. The van der Waals surface area contributed by atoms with Crippen LogP contribution in [0.3, 0.4) is 0 Å². The van der Waals surface area contributed by atoms with Crippen molar-refractivity contribution < 1.29 is 0 Å². The van der Waals surface area contributed by atoms with Gasteiger partial charge in [-0.25, -0.2) is 4.98 Å². The van der Waals surface area contributed by atoms with Crippen molar-refractivity contribution in [2.45, 2.75) is 32.2 Å². The summed E-state index contributed by atoms with van der Waals surface area (Å²) < 4.78 is 0. The van der Waals surface area contributed by atoms with E-state index in [1.54, 1.807) is 0 Å². The maximum atomic E-state index is 4.55. The summed E-state index contributed by atoms with van der Waals surface area (Å²) in [5.74, 6) is 1.53. The van der Waals surface area contributed by atoms with Crippen LogP contribution in [0.15, 0.2) is 42.6 Å². The molecule has 1 aliphatic rings. The Morgan fingerprint density at radius 3 is 2.90 bits per heavy atom. The molecule has 1 aromatic heterocycles. The zero-order chi connectivity index (χ0) is 14.7. The topological polar surface area (TPSA) is 37.0 Å². The average Bonchev–Trinajstić information content (AvgIpc) is 3.01. The molecule has 2 N–H and O–H groups in total. The number of nitrogens with one attached hydrogen (secondary N) is 2. The molecule has 1 fully saturated rings. The molecule has 3 heteroatoms. The molecule has 1 atom stereocenters. The highest BCUT2D eigenvalue weighted by molar-refractivity contribution is 5.75. The van der Waals surface area contributed by atoms with E-state index in [1.807, 2.05) is 12.3 Å². The first-order valence-electron chi connectivity index (χ1n) is 7.76. The minimum atomic E-state index is 0.479. The van der Waals surface area contributed by atoms with Gasteiger partial charge in [-0.1, -0.05) is 38.1 Å². The fourth-order valence-electron chi connectivity index (χ4n) is 2.79. The molecular weight excluding hydrogens is 258 g/mol. The van der Waals surface area contributed by atoms with E-state index in [0.29, 0.717) is 12.0 Å². The summed E-state index contributed by atoms with van der Waals surface area (Å²) in [5.41, 5.74) is 3.79. The lowest BCUT2D eigenvalue weighted by atomic mass is 9.97. The van der Waals surface area contributed by atoms with E-state index in [0.717, 1.165) is 25.3 Å². The fourth-order valence-corrected chi connectivity index (χ4v) is 2.79. The number of anilines is 1. The van der Waals surface area contributed by atoms with Crippen molar-refractivity contribution in [1.82, 2.24) is 10.3 Å². The average molecular weight is 281 g/mol. The van der Waals surface area contributed by atoms with Gasteiger partial charge in [-0.2, -0.15) is 0 Å². The molecule has 3 nitrogen and oxygen atoms in total. The van der Waals surface area contributed by atoms with Crippen LogP contribution in [0.2, 0.25) is 0 Å². The second kappa shape index (κ2) is 6.27. The van der Waals surface area contributed by atoms with E-state index in [9.17, 15) is 0 Å². The van der Waals surface area contributed by atoms with Crippen LogP contribution >= 0.6 is 0 Å². The van der Waals surface area contributed by atoms with E-state index >= 15 is 0 Å². The van der Waals surface area contributed by atoms with Gasteiger partial charge >= 0.3 is 0 Å². The number of nitrogens with zero attached hydrogens (tertiary/aromatic N) is 1. The summed E-state index contributed by atoms with van der Waals surface area (Å²) in [7, 11) is 0. The largest absolute Gasteiger partial charge is 0.365 e. The van der Waals surface area contributed by atoms with Crippen molar-refractivity contribution in [3.8, 4) is 11.1 Å². The van der Waals surface area contributed by atoms with E-state index in [2.05, 4.69) is 59.8 Å². The van der Waals surface area contributed by atoms with Crippen molar-refractivity contribution in [1.29, 1.82) is 0 Å². The molecule has 1 aromatic carbocycles. The Kier molecular flexibility index (Phi) is 4.20. The van der Waals surface area contributed by atoms with Gasteiger partial charge in [0.05, 0.1) is 0 Å². The highest BCUT2D eigenvalue weighted by atomic mass is 15.1. The first-order valence-corrected chi connectivity index (χ1v) is 7.76. The lowest BCUT2D eigenvalue weighted by Gasteiger charge is -2.16. The number of rotatable bonds is 4. The molecule has 1 saturated heterocycles. The molecule has 3 rings (SSSR count). The maximum Gasteiger partial charge on any atom is 0.134 e. The summed E-state index contributed by atoms with van der Waals surface area (Å²) in [6.07, 6.45) is 3.02. The van der Waals surface area contributed by atoms with Crippen molar-refractivity contribution in [3.05, 3.63) is 48.2 Å². The van der Waals surface area contributed by atoms with Gasteiger partial charge in [-0.05, 0) is 42.1 Å². The second-order valence-electron chi connectivity index (χ2n) is 6.01. The molecule has 0 saturated carbocycles. The molecule has 1 unspecified atom stereocenters. The Morgan fingerprint density at radius 1 is 1.24 bits per heavy atom. The zero-order valence-corrected chi connectivity index (χ0v) is 12.8. The number of pyridine rings is 1. The van der Waals surface area contributed by atoms with Crippen LogP contribution in [0, 0.1) is 0 Å². The monoisotopic (exact) mass is 281 g/mol. The predicted molar refractivity (Wildman–Crippen MR) is 88.7 cm³/mol. The molecule has 21 heavy (non-hydrogen) atoms. The Bertz CT molecular complexity index is 601. The van der Waals surface area contributed by atoms with Gasteiger partial charge in [0.15, 0.2) is 0 Å². The smallest absolute Gasteiger partial charge is 0.134 e.